The molecule has 0 aliphatic carbocycles. The number of nitrogens with zero attached hydrogens (tertiary/aromatic N) is 1. The van der Waals surface area contributed by atoms with Crippen molar-refractivity contribution in [2.75, 3.05) is 11.9 Å². The number of hydrogen-bond acceptors (Lipinski definition) is 3. The summed E-state index contributed by atoms with van der Waals surface area (Å²) in [5, 5.41) is 3.17. The van der Waals surface area contributed by atoms with Crippen molar-refractivity contribution in [2.45, 2.75) is 27.2 Å². The minimum atomic E-state index is -0.0936. The standard InChI is InChI=1S/C10H16IN3O/c1-10(2,3)4-5-12-8-7(11)9(15)14-6-13-8/h6H,4-5H2,1-3H3,(H2,12,13,14,15). The van der Waals surface area contributed by atoms with Gasteiger partial charge in [0.25, 0.3) is 5.56 Å². The fraction of sp³-hybridized carbons (Fsp3) is 0.600. The highest BCUT2D eigenvalue weighted by Crippen LogP contribution is 2.18. The molecule has 1 aromatic heterocycles. The first kappa shape index (κ1) is 12.5. The molecule has 0 unspecified atom stereocenters. The fourth-order valence-corrected chi connectivity index (χ4v) is 1.55. The maximum atomic E-state index is 11.3. The summed E-state index contributed by atoms with van der Waals surface area (Å²) in [6.07, 6.45) is 2.46. The number of aromatic nitrogens is 2. The number of hydrogen-bond donors (Lipinski definition) is 2. The molecule has 0 radical (unpaired) electrons. The molecule has 0 fully saturated rings. The van der Waals surface area contributed by atoms with Crippen LogP contribution in [0.15, 0.2) is 11.1 Å². The summed E-state index contributed by atoms with van der Waals surface area (Å²) in [5.74, 6) is 0.670. The molecule has 0 aromatic carbocycles. The molecule has 4 nitrogen and oxygen atoms in total. The monoisotopic (exact) mass is 321 g/mol. The molecule has 0 spiro atoms. The van der Waals surface area contributed by atoms with Crippen LogP contribution < -0.4 is 10.9 Å². The van der Waals surface area contributed by atoms with Crippen LogP contribution in [0, 0.1) is 8.99 Å². The van der Waals surface area contributed by atoms with E-state index in [4.69, 9.17) is 0 Å². The Labute approximate surface area is 103 Å². The number of halogens is 1. The number of anilines is 1. The van der Waals surface area contributed by atoms with Crippen LogP contribution in [0.3, 0.4) is 0 Å². The maximum Gasteiger partial charge on any atom is 0.266 e. The van der Waals surface area contributed by atoms with Gasteiger partial charge in [0.05, 0.1) is 6.33 Å². The molecule has 1 aromatic rings. The molecule has 0 aliphatic heterocycles. The van der Waals surface area contributed by atoms with Gasteiger partial charge in [-0.05, 0) is 34.4 Å². The molecule has 0 atom stereocenters. The topological polar surface area (TPSA) is 57.8 Å². The van der Waals surface area contributed by atoms with Gasteiger partial charge in [0.15, 0.2) is 0 Å². The highest BCUT2D eigenvalue weighted by Gasteiger charge is 2.10. The van der Waals surface area contributed by atoms with E-state index < -0.39 is 0 Å². The van der Waals surface area contributed by atoms with Crippen molar-refractivity contribution in [3.8, 4) is 0 Å². The van der Waals surface area contributed by atoms with E-state index in [0.717, 1.165) is 13.0 Å². The molecule has 84 valence electrons. The van der Waals surface area contributed by atoms with E-state index in [2.05, 4.69) is 36.1 Å². The molecule has 0 saturated carbocycles. The predicted octanol–water partition coefficient (Wildman–Crippen LogP) is 2.22. The second kappa shape index (κ2) is 4.96. The molecule has 2 N–H and O–H groups in total. The van der Waals surface area contributed by atoms with E-state index in [9.17, 15) is 4.79 Å². The summed E-state index contributed by atoms with van der Waals surface area (Å²) in [5.41, 5.74) is 0.198. The van der Waals surface area contributed by atoms with Gasteiger partial charge in [-0.2, -0.15) is 0 Å². The Hall–Kier alpha value is -0.590. The zero-order valence-electron chi connectivity index (χ0n) is 9.22. The van der Waals surface area contributed by atoms with Crippen molar-refractivity contribution >= 4 is 28.4 Å². The summed E-state index contributed by atoms with van der Waals surface area (Å²) in [6, 6.07) is 0. The van der Waals surface area contributed by atoms with Crippen molar-refractivity contribution in [2.24, 2.45) is 5.41 Å². The van der Waals surface area contributed by atoms with Crippen LogP contribution in [0.1, 0.15) is 27.2 Å². The normalized spacial score (nSPS) is 11.5. The molecule has 1 rings (SSSR count). The summed E-state index contributed by atoms with van der Waals surface area (Å²) < 4.78 is 0.615. The van der Waals surface area contributed by atoms with Crippen LogP contribution in [0.5, 0.6) is 0 Å². The summed E-state index contributed by atoms with van der Waals surface area (Å²) in [6.45, 7) is 7.39. The van der Waals surface area contributed by atoms with Gasteiger partial charge in [-0.1, -0.05) is 20.8 Å². The Morgan fingerprint density at radius 1 is 1.53 bits per heavy atom. The smallest absolute Gasteiger partial charge is 0.266 e. The van der Waals surface area contributed by atoms with Gasteiger partial charge >= 0.3 is 0 Å². The Balaban J connectivity index is 2.59. The zero-order valence-corrected chi connectivity index (χ0v) is 11.4. The molecular weight excluding hydrogens is 305 g/mol. The third-order valence-corrected chi connectivity index (χ3v) is 2.96. The lowest BCUT2D eigenvalue weighted by Crippen LogP contribution is -2.18. The lowest BCUT2D eigenvalue weighted by Gasteiger charge is -2.18. The van der Waals surface area contributed by atoms with Crippen molar-refractivity contribution < 1.29 is 0 Å². The zero-order chi connectivity index (χ0) is 11.5. The van der Waals surface area contributed by atoms with Gasteiger partial charge in [0, 0.05) is 6.54 Å². The molecule has 5 heteroatoms. The van der Waals surface area contributed by atoms with Crippen LogP contribution in [-0.2, 0) is 0 Å². The first-order valence-corrected chi connectivity index (χ1v) is 5.95. The van der Waals surface area contributed by atoms with Crippen molar-refractivity contribution in [1.29, 1.82) is 0 Å². The molecule has 1 heterocycles. The van der Waals surface area contributed by atoms with E-state index in [1.165, 1.54) is 6.33 Å². The summed E-state index contributed by atoms with van der Waals surface area (Å²) in [7, 11) is 0. The van der Waals surface area contributed by atoms with Crippen LogP contribution in [0.4, 0.5) is 5.82 Å². The molecule has 0 aliphatic rings. The van der Waals surface area contributed by atoms with Gasteiger partial charge in [-0.15, -0.1) is 0 Å². The summed E-state index contributed by atoms with van der Waals surface area (Å²) >= 11 is 2.00. The predicted molar refractivity (Wildman–Crippen MR) is 70.1 cm³/mol. The van der Waals surface area contributed by atoms with Crippen molar-refractivity contribution in [3.63, 3.8) is 0 Å². The first-order valence-electron chi connectivity index (χ1n) is 4.87. The quantitative estimate of drug-likeness (QED) is 0.840. The minimum absolute atomic E-state index is 0.0936. The minimum Gasteiger partial charge on any atom is -0.369 e. The Kier molecular flexibility index (Phi) is 4.12. The second-order valence-electron chi connectivity index (χ2n) is 4.63. The van der Waals surface area contributed by atoms with Crippen molar-refractivity contribution in [3.05, 3.63) is 20.3 Å². The lowest BCUT2D eigenvalue weighted by atomic mass is 9.92. The fourth-order valence-electron chi connectivity index (χ4n) is 1.06. The molecular formula is C10H16IN3O. The third-order valence-electron chi connectivity index (χ3n) is 1.96. The van der Waals surface area contributed by atoms with Crippen LogP contribution in [0.2, 0.25) is 0 Å². The number of nitrogens with one attached hydrogen (secondary N) is 2. The second-order valence-corrected chi connectivity index (χ2v) is 5.71. The average Bonchev–Trinajstić information content (AvgIpc) is 2.10. The maximum absolute atomic E-state index is 11.3. The lowest BCUT2D eigenvalue weighted by molar-refractivity contribution is 0.389. The molecule has 15 heavy (non-hydrogen) atoms. The van der Waals surface area contributed by atoms with Gasteiger partial charge in [-0.3, -0.25) is 4.79 Å². The summed E-state index contributed by atoms with van der Waals surface area (Å²) in [4.78, 5) is 17.9. The van der Waals surface area contributed by atoms with E-state index in [1.807, 2.05) is 22.6 Å². The van der Waals surface area contributed by atoms with Crippen LogP contribution in [0.25, 0.3) is 0 Å². The Morgan fingerprint density at radius 2 is 2.20 bits per heavy atom. The molecule has 0 amide bonds. The van der Waals surface area contributed by atoms with E-state index in [0.29, 0.717) is 14.8 Å². The van der Waals surface area contributed by atoms with Crippen LogP contribution in [-0.4, -0.2) is 16.5 Å². The Morgan fingerprint density at radius 3 is 2.80 bits per heavy atom. The Bertz CT molecular complexity index is 381. The highest BCUT2D eigenvalue weighted by atomic mass is 127. The molecule has 0 saturated heterocycles. The molecule has 0 bridgehead atoms. The number of H-pyrrole nitrogens is 1. The van der Waals surface area contributed by atoms with E-state index in [-0.39, 0.29) is 5.56 Å². The van der Waals surface area contributed by atoms with Gasteiger partial charge < -0.3 is 10.3 Å². The van der Waals surface area contributed by atoms with E-state index >= 15 is 0 Å². The highest BCUT2D eigenvalue weighted by molar-refractivity contribution is 14.1. The third kappa shape index (κ3) is 4.19. The van der Waals surface area contributed by atoms with Gasteiger partial charge in [0.2, 0.25) is 0 Å². The first-order chi connectivity index (χ1) is 6.90. The number of rotatable bonds is 3. The van der Waals surface area contributed by atoms with Gasteiger partial charge in [-0.25, -0.2) is 4.98 Å². The van der Waals surface area contributed by atoms with Gasteiger partial charge in [0.1, 0.15) is 9.39 Å². The van der Waals surface area contributed by atoms with E-state index in [1.54, 1.807) is 0 Å². The average molecular weight is 321 g/mol. The SMILES string of the molecule is CC(C)(C)CCNc1nc[nH]c(=O)c1I. The number of aromatic amines is 1. The van der Waals surface area contributed by atoms with Crippen LogP contribution >= 0.6 is 22.6 Å². The largest absolute Gasteiger partial charge is 0.369 e. The van der Waals surface area contributed by atoms with Crippen molar-refractivity contribution in [1.82, 2.24) is 9.97 Å².